The lowest BCUT2D eigenvalue weighted by molar-refractivity contribution is 1.10. The SMILES string of the molecule is Cc1ccc(-c2nc(N)c3c(C4CC4)c(C)[nH]c3n2)cc1. The third-order valence-electron chi connectivity index (χ3n) is 4.21. The van der Waals surface area contributed by atoms with Crippen molar-refractivity contribution in [1.29, 1.82) is 0 Å². The lowest BCUT2D eigenvalue weighted by Gasteiger charge is -2.05. The van der Waals surface area contributed by atoms with E-state index in [-0.39, 0.29) is 0 Å². The molecule has 0 saturated heterocycles. The second-order valence-corrected chi connectivity index (χ2v) is 5.96. The topological polar surface area (TPSA) is 67.6 Å². The molecule has 1 fully saturated rings. The van der Waals surface area contributed by atoms with Crippen molar-refractivity contribution in [2.24, 2.45) is 0 Å². The first kappa shape index (κ1) is 12.4. The highest BCUT2D eigenvalue weighted by atomic mass is 15.0. The van der Waals surface area contributed by atoms with E-state index >= 15 is 0 Å². The Hall–Kier alpha value is -2.36. The van der Waals surface area contributed by atoms with Gasteiger partial charge in [-0.3, -0.25) is 0 Å². The van der Waals surface area contributed by atoms with Gasteiger partial charge in [0.2, 0.25) is 0 Å². The summed E-state index contributed by atoms with van der Waals surface area (Å²) in [7, 11) is 0. The van der Waals surface area contributed by atoms with Crippen LogP contribution in [0.4, 0.5) is 5.82 Å². The summed E-state index contributed by atoms with van der Waals surface area (Å²) in [5.74, 6) is 1.90. The molecule has 0 atom stereocenters. The van der Waals surface area contributed by atoms with Gasteiger partial charge in [0.1, 0.15) is 11.5 Å². The molecule has 2 aromatic heterocycles. The summed E-state index contributed by atoms with van der Waals surface area (Å²) in [6.07, 6.45) is 2.49. The van der Waals surface area contributed by atoms with Crippen molar-refractivity contribution in [3.63, 3.8) is 0 Å². The number of benzene rings is 1. The van der Waals surface area contributed by atoms with Gasteiger partial charge in [0.15, 0.2) is 5.82 Å². The third kappa shape index (κ3) is 1.98. The molecule has 1 aliphatic carbocycles. The van der Waals surface area contributed by atoms with Gasteiger partial charge in [-0.25, -0.2) is 9.97 Å². The van der Waals surface area contributed by atoms with Gasteiger partial charge in [-0.1, -0.05) is 29.8 Å². The molecule has 0 spiro atoms. The first-order valence-electron chi connectivity index (χ1n) is 7.36. The molecule has 0 aliphatic heterocycles. The van der Waals surface area contributed by atoms with Crippen LogP contribution in [-0.2, 0) is 0 Å². The number of nitrogens with zero attached hydrogens (tertiary/aromatic N) is 2. The highest BCUT2D eigenvalue weighted by molar-refractivity contribution is 5.92. The number of nitrogen functional groups attached to an aromatic ring is 1. The van der Waals surface area contributed by atoms with Gasteiger partial charge in [-0.05, 0) is 38.2 Å². The first-order valence-corrected chi connectivity index (χ1v) is 7.36. The second-order valence-electron chi connectivity index (χ2n) is 5.96. The number of nitrogens with one attached hydrogen (secondary N) is 1. The lowest BCUT2D eigenvalue weighted by Crippen LogP contribution is -1.98. The maximum Gasteiger partial charge on any atom is 0.163 e. The Bertz CT molecular complexity index is 826. The molecule has 21 heavy (non-hydrogen) atoms. The Kier molecular flexibility index (Phi) is 2.55. The quantitative estimate of drug-likeness (QED) is 0.751. The molecular weight excluding hydrogens is 260 g/mol. The van der Waals surface area contributed by atoms with Gasteiger partial charge in [0.25, 0.3) is 0 Å². The molecule has 4 heteroatoms. The largest absolute Gasteiger partial charge is 0.383 e. The third-order valence-corrected chi connectivity index (χ3v) is 4.21. The van der Waals surface area contributed by atoms with E-state index in [9.17, 15) is 0 Å². The summed E-state index contributed by atoms with van der Waals surface area (Å²) in [5.41, 5.74) is 11.8. The van der Waals surface area contributed by atoms with Crippen LogP contribution in [0, 0.1) is 13.8 Å². The fourth-order valence-electron chi connectivity index (χ4n) is 2.98. The van der Waals surface area contributed by atoms with E-state index in [4.69, 9.17) is 5.73 Å². The second kappa shape index (κ2) is 4.32. The number of aromatic nitrogens is 3. The van der Waals surface area contributed by atoms with E-state index < -0.39 is 0 Å². The Morgan fingerprint density at radius 3 is 2.48 bits per heavy atom. The van der Waals surface area contributed by atoms with Crippen molar-refractivity contribution in [2.75, 3.05) is 5.73 Å². The first-order chi connectivity index (χ1) is 10.1. The van der Waals surface area contributed by atoms with Crippen molar-refractivity contribution >= 4 is 16.9 Å². The predicted molar refractivity (Wildman–Crippen MR) is 85.2 cm³/mol. The number of hydrogen-bond acceptors (Lipinski definition) is 3. The molecule has 3 N–H and O–H groups in total. The van der Waals surface area contributed by atoms with E-state index in [1.165, 1.54) is 29.7 Å². The molecule has 1 aromatic carbocycles. The van der Waals surface area contributed by atoms with E-state index in [1.807, 2.05) is 12.1 Å². The molecule has 1 saturated carbocycles. The molecule has 4 rings (SSSR count). The Morgan fingerprint density at radius 1 is 1.10 bits per heavy atom. The summed E-state index contributed by atoms with van der Waals surface area (Å²) in [5, 5.41) is 1.02. The molecule has 3 aromatic rings. The van der Waals surface area contributed by atoms with E-state index in [2.05, 4.69) is 40.9 Å². The minimum Gasteiger partial charge on any atom is -0.383 e. The summed E-state index contributed by atoms with van der Waals surface area (Å²) in [6.45, 7) is 4.17. The average molecular weight is 278 g/mol. The standard InChI is InChI=1S/C17H18N4/c1-9-3-5-12(6-4-9)16-20-15(18)14-13(11-7-8-11)10(2)19-17(14)21-16/h3-6,11H,7-8H2,1-2H3,(H3,18,19,20,21). The van der Waals surface area contributed by atoms with Gasteiger partial charge in [-0.15, -0.1) is 0 Å². The summed E-state index contributed by atoms with van der Waals surface area (Å²) < 4.78 is 0. The average Bonchev–Trinajstić information content (AvgIpc) is 3.22. The smallest absolute Gasteiger partial charge is 0.163 e. The van der Waals surface area contributed by atoms with E-state index in [1.54, 1.807) is 0 Å². The van der Waals surface area contributed by atoms with Crippen molar-refractivity contribution in [1.82, 2.24) is 15.0 Å². The summed E-state index contributed by atoms with van der Waals surface area (Å²) in [6, 6.07) is 8.20. The molecule has 4 nitrogen and oxygen atoms in total. The summed E-state index contributed by atoms with van der Waals surface area (Å²) in [4.78, 5) is 12.6. The van der Waals surface area contributed by atoms with Crippen LogP contribution in [0.5, 0.6) is 0 Å². The monoisotopic (exact) mass is 278 g/mol. The predicted octanol–water partition coefficient (Wildman–Crippen LogP) is 3.70. The highest BCUT2D eigenvalue weighted by Gasteiger charge is 2.30. The van der Waals surface area contributed by atoms with Crippen LogP contribution >= 0.6 is 0 Å². The zero-order valence-corrected chi connectivity index (χ0v) is 12.3. The maximum atomic E-state index is 6.23. The van der Waals surface area contributed by atoms with Gasteiger partial charge >= 0.3 is 0 Å². The molecule has 0 amide bonds. The molecule has 1 aliphatic rings. The number of anilines is 1. The molecule has 0 radical (unpaired) electrons. The fraction of sp³-hybridized carbons (Fsp3) is 0.294. The van der Waals surface area contributed by atoms with Crippen molar-refractivity contribution in [3.8, 4) is 11.4 Å². The molecular formula is C17H18N4. The minimum absolute atomic E-state index is 0.585. The molecule has 106 valence electrons. The number of aryl methyl sites for hydroxylation is 2. The highest BCUT2D eigenvalue weighted by Crippen LogP contribution is 2.45. The van der Waals surface area contributed by atoms with Gasteiger partial charge in [0.05, 0.1) is 5.39 Å². The van der Waals surface area contributed by atoms with Crippen LogP contribution in [0.3, 0.4) is 0 Å². The van der Waals surface area contributed by atoms with Crippen molar-refractivity contribution < 1.29 is 0 Å². The van der Waals surface area contributed by atoms with Crippen molar-refractivity contribution in [2.45, 2.75) is 32.6 Å². The fourth-order valence-corrected chi connectivity index (χ4v) is 2.98. The van der Waals surface area contributed by atoms with E-state index in [0.29, 0.717) is 17.6 Å². The van der Waals surface area contributed by atoms with Gasteiger partial charge < -0.3 is 10.7 Å². The minimum atomic E-state index is 0.585. The lowest BCUT2D eigenvalue weighted by atomic mass is 10.1. The number of rotatable bonds is 2. The van der Waals surface area contributed by atoms with Gasteiger partial charge in [0, 0.05) is 11.3 Å². The van der Waals surface area contributed by atoms with Crippen LogP contribution in [0.1, 0.15) is 35.6 Å². The van der Waals surface area contributed by atoms with E-state index in [0.717, 1.165) is 16.6 Å². The number of hydrogen-bond donors (Lipinski definition) is 2. The molecule has 0 unspecified atom stereocenters. The van der Waals surface area contributed by atoms with Crippen LogP contribution in [0.2, 0.25) is 0 Å². The Morgan fingerprint density at radius 2 is 1.81 bits per heavy atom. The zero-order valence-electron chi connectivity index (χ0n) is 12.3. The summed E-state index contributed by atoms with van der Waals surface area (Å²) >= 11 is 0. The molecule has 2 heterocycles. The molecule has 0 bridgehead atoms. The number of aromatic amines is 1. The van der Waals surface area contributed by atoms with Crippen LogP contribution in [0.25, 0.3) is 22.4 Å². The van der Waals surface area contributed by atoms with Gasteiger partial charge in [-0.2, -0.15) is 0 Å². The van der Waals surface area contributed by atoms with Crippen LogP contribution in [-0.4, -0.2) is 15.0 Å². The number of fused-ring (bicyclic) bond motifs is 1. The van der Waals surface area contributed by atoms with Crippen LogP contribution < -0.4 is 5.73 Å². The number of nitrogens with two attached hydrogens (primary N) is 1. The van der Waals surface area contributed by atoms with Crippen molar-refractivity contribution in [3.05, 3.63) is 41.1 Å². The maximum absolute atomic E-state index is 6.23. The normalized spacial score (nSPS) is 14.8. The van der Waals surface area contributed by atoms with Crippen LogP contribution in [0.15, 0.2) is 24.3 Å². The Labute approximate surface area is 123 Å². The zero-order chi connectivity index (χ0) is 14.6. The number of H-pyrrole nitrogens is 1. The Balaban J connectivity index is 1.91.